The van der Waals surface area contributed by atoms with Gasteiger partial charge in [0.2, 0.25) is 5.91 Å². The molecule has 3 aliphatic carbocycles. The quantitative estimate of drug-likeness (QED) is 0.160. The molecule has 0 radical (unpaired) electrons. The molecule has 2 saturated heterocycles. The minimum atomic E-state index is 0.0110. The molecule has 2 saturated carbocycles. The smallest absolute Gasteiger partial charge is 0.237 e. The van der Waals surface area contributed by atoms with Crippen LogP contribution < -0.4 is 10.6 Å². The van der Waals surface area contributed by atoms with Gasteiger partial charge in [-0.3, -0.25) is 14.7 Å². The summed E-state index contributed by atoms with van der Waals surface area (Å²) in [4.78, 5) is 30.1. The molecule has 258 valence electrons. The van der Waals surface area contributed by atoms with Crippen molar-refractivity contribution in [2.24, 2.45) is 16.8 Å². The van der Waals surface area contributed by atoms with Crippen LogP contribution in [0.5, 0.6) is 0 Å². The Labute approximate surface area is 295 Å². The van der Waals surface area contributed by atoms with Gasteiger partial charge in [-0.1, -0.05) is 42.5 Å². The fourth-order valence-corrected chi connectivity index (χ4v) is 10.2. The molecule has 4 aromatic rings. The lowest BCUT2D eigenvalue weighted by molar-refractivity contribution is -0.131. The molecule has 50 heavy (non-hydrogen) atoms. The summed E-state index contributed by atoms with van der Waals surface area (Å²) in [5.41, 5.74) is 12.5. The first kappa shape index (κ1) is 31.7. The number of nitrogens with zero attached hydrogens (tertiary/aromatic N) is 4. The summed E-state index contributed by atoms with van der Waals surface area (Å²) in [6, 6.07) is 21.8. The lowest BCUT2D eigenvalue weighted by Crippen LogP contribution is -2.43. The number of aromatic amines is 1. The second-order valence-corrected chi connectivity index (χ2v) is 15.5. The van der Waals surface area contributed by atoms with Crippen molar-refractivity contribution in [1.29, 1.82) is 0 Å². The first-order valence-corrected chi connectivity index (χ1v) is 18.8. The number of amides is 1. The summed E-state index contributed by atoms with van der Waals surface area (Å²) in [6.07, 6.45) is 11.6. The molecule has 3 N–H and O–H groups in total. The van der Waals surface area contributed by atoms with Crippen molar-refractivity contribution in [3.05, 3.63) is 83.3 Å². The molecule has 3 heterocycles. The Balaban J connectivity index is 0.987. The summed E-state index contributed by atoms with van der Waals surface area (Å²) >= 11 is 0. The maximum absolute atomic E-state index is 12.8. The SMILES string of the molecule is C=N/C=C(\NCC1C2CCC(C2)N1C)c1ccc(-c2ccc(-c3ccc4nc(C5CCCN5C(=O)CNC)[nH]c4c3)c3c2CC2CCC32)cc1. The Morgan fingerprint density at radius 3 is 2.60 bits per heavy atom. The number of benzene rings is 3. The van der Waals surface area contributed by atoms with Crippen LogP contribution in [0.15, 0.2) is 65.8 Å². The molecular weight excluding hydrogens is 619 g/mol. The maximum atomic E-state index is 12.8. The highest BCUT2D eigenvalue weighted by atomic mass is 16.2. The average molecular weight is 668 g/mol. The van der Waals surface area contributed by atoms with Gasteiger partial charge in [-0.05, 0) is 141 Å². The van der Waals surface area contributed by atoms with Crippen molar-refractivity contribution in [2.75, 3.05) is 33.7 Å². The number of likely N-dealkylation sites (tertiary alicyclic amines) is 2. The second kappa shape index (κ2) is 12.8. The van der Waals surface area contributed by atoms with E-state index in [1.54, 1.807) is 5.56 Å². The van der Waals surface area contributed by atoms with Crippen LogP contribution in [-0.4, -0.2) is 78.2 Å². The number of likely N-dealkylation sites (N-methyl/N-ethyl adjacent to an activating group) is 2. The topological polar surface area (TPSA) is 88.7 Å². The summed E-state index contributed by atoms with van der Waals surface area (Å²) in [5.74, 6) is 3.23. The van der Waals surface area contributed by atoms with E-state index < -0.39 is 0 Å². The van der Waals surface area contributed by atoms with Gasteiger partial charge in [0.15, 0.2) is 0 Å². The van der Waals surface area contributed by atoms with Gasteiger partial charge >= 0.3 is 0 Å². The lowest BCUT2D eigenvalue weighted by Gasteiger charge is -2.32. The third-order valence-corrected chi connectivity index (χ3v) is 13.0. The molecule has 6 atom stereocenters. The van der Waals surface area contributed by atoms with Crippen LogP contribution in [0.2, 0.25) is 0 Å². The van der Waals surface area contributed by atoms with Crippen LogP contribution >= 0.6 is 0 Å². The van der Waals surface area contributed by atoms with Crippen molar-refractivity contribution in [3.63, 3.8) is 0 Å². The van der Waals surface area contributed by atoms with Crippen LogP contribution in [0.25, 0.3) is 39.0 Å². The molecule has 8 heteroatoms. The number of fused-ring (bicyclic) bond motifs is 6. The molecule has 9 rings (SSSR count). The highest BCUT2D eigenvalue weighted by molar-refractivity contribution is 5.86. The lowest BCUT2D eigenvalue weighted by atomic mass is 9.73. The number of hydrogen-bond acceptors (Lipinski definition) is 6. The molecule has 1 aromatic heterocycles. The van der Waals surface area contributed by atoms with Crippen molar-refractivity contribution in [1.82, 2.24) is 30.4 Å². The fourth-order valence-electron chi connectivity index (χ4n) is 10.2. The third-order valence-electron chi connectivity index (χ3n) is 13.0. The number of carbonyl (C=O) groups is 1. The number of aliphatic imine (C=N–C) groups is 1. The van der Waals surface area contributed by atoms with E-state index in [-0.39, 0.29) is 11.9 Å². The van der Waals surface area contributed by atoms with Crippen LogP contribution in [0.3, 0.4) is 0 Å². The molecule has 8 nitrogen and oxygen atoms in total. The largest absolute Gasteiger partial charge is 0.382 e. The van der Waals surface area contributed by atoms with Crippen LogP contribution in [0.4, 0.5) is 0 Å². The van der Waals surface area contributed by atoms with Gasteiger partial charge in [0.05, 0.1) is 29.3 Å². The Morgan fingerprint density at radius 2 is 1.84 bits per heavy atom. The molecule has 3 aromatic carbocycles. The number of hydrogen-bond donors (Lipinski definition) is 3. The van der Waals surface area contributed by atoms with E-state index in [2.05, 4.69) is 93.9 Å². The zero-order valence-corrected chi connectivity index (χ0v) is 29.4. The molecular formula is C42H49N7O. The van der Waals surface area contributed by atoms with Crippen LogP contribution in [-0.2, 0) is 11.2 Å². The molecule has 0 spiro atoms. The number of imidazole rings is 1. The maximum Gasteiger partial charge on any atom is 0.237 e. The van der Waals surface area contributed by atoms with Gasteiger partial charge in [-0.15, -0.1) is 0 Å². The molecule has 4 fully saturated rings. The number of piperidine rings is 1. The third kappa shape index (κ3) is 5.30. The molecule has 1 amide bonds. The highest BCUT2D eigenvalue weighted by Crippen LogP contribution is 2.56. The van der Waals surface area contributed by atoms with Crippen LogP contribution in [0.1, 0.15) is 79.4 Å². The highest BCUT2D eigenvalue weighted by Gasteiger charge is 2.44. The van der Waals surface area contributed by atoms with E-state index in [9.17, 15) is 4.79 Å². The van der Waals surface area contributed by atoms with E-state index in [1.807, 2.05) is 18.1 Å². The van der Waals surface area contributed by atoms with Gasteiger partial charge in [0.25, 0.3) is 0 Å². The fraction of sp³-hybridized carbons (Fsp3) is 0.452. The number of aromatic nitrogens is 2. The van der Waals surface area contributed by atoms with Gasteiger partial charge in [0, 0.05) is 31.4 Å². The molecule has 2 aliphatic heterocycles. The first-order chi connectivity index (χ1) is 24.5. The Morgan fingerprint density at radius 1 is 1.02 bits per heavy atom. The van der Waals surface area contributed by atoms with Crippen molar-refractivity contribution in [3.8, 4) is 22.3 Å². The number of H-pyrrole nitrogens is 1. The van der Waals surface area contributed by atoms with Gasteiger partial charge in [0.1, 0.15) is 5.82 Å². The predicted molar refractivity (Wildman–Crippen MR) is 202 cm³/mol. The minimum Gasteiger partial charge on any atom is -0.382 e. The summed E-state index contributed by atoms with van der Waals surface area (Å²) in [5, 5.41) is 6.75. The number of rotatable bonds is 10. The van der Waals surface area contributed by atoms with Crippen molar-refractivity contribution < 1.29 is 4.79 Å². The van der Waals surface area contributed by atoms with Crippen molar-refractivity contribution >= 4 is 29.4 Å². The molecule has 5 aliphatic rings. The van der Waals surface area contributed by atoms with Crippen LogP contribution in [0, 0.1) is 11.8 Å². The monoisotopic (exact) mass is 667 g/mol. The van der Waals surface area contributed by atoms with E-state index in [0.29, 0.717) is 18.5 Å². The Hall–Kier alpha value is -4.27. The Kier molecular flexibility index (Phi) is 8.12. The zero-order valence-electron chi connectivity index (χ0n) is 29.4. The number of carbonyl (C=O) groups excluding carboxylic acids is 1. The molecule has 2 bridgehead atoms. The second-order valence-electron chi connectivity index (χ2n) is 15.5. The zero-order chi connectivity index (χ0) is 33.9. The summed E-state index contributed by atoms with van der Waals surface area (Å²) in [7, 11) is 4.12. The van der Waals surface area contributed by atoms with Gasteiger partial charge < -0.3 is 20.5 Å². The normalized spacial score (nSPS) is 27.1. The van der Waals surface area contributed by atoms with Gasteiger partial charge in [-0.25, -0.2) is 4.98 Å². The van der Waals surface area contributed by atoms with E-state index in [4.69, 9.17) is 4.98 Å². The van der Waals surface area contributed by atoms with E-state index >= 15 is 0 Å². The standard InChI is InChI=1S/C42H49N7O/c1-43-22-37(45-23-39-29-10-13-30(19-29)48(39)3)26-8-6-25(7-9-26)31-15-16-33(41-32-14-11-27(32)20-34(31)41)28-12-17-35-36(21-28)47-42(46-35)38-5-4-18-49(38)40(50)24-44-2/h6-9,12,15-17,21-22,27,29-30,32,38-39,44-45H,1,4-5,10-11,13-14,18-20,23-24H2,2-3H3,(H,46,47)/b37-22-. The minimum absolute atomic E-state index is 0.0110. The van der Waals surface area contributed by atoms with E-state index in [1.165, 1.54) is 59.9 Å². The van der Waals surface area contributed by atoms with Gasteiger partial charge in [-0.2, -0.15) is 0 Å². The van der Waals surface area contributed by atoms with Crippen molar-refractivity contribution in [2.45, 2.75) is 75.4 Å². The summed E-state index contributed by atoms with van der Waals surface area (Å²) < 4.78 is 0. The average Bonchev–Trinajstić information content (AvgIpc) is 3.95. The van der Waals surface area contributed by atoms with E-state index in [0.717, 1.165) is 78.3 Å². The predicted octanol–water partition coefficient (Wildman–Crippen LogP) is 6.90. The molecule has 6 unspecified atom stereocenters. The number of nitrogens with one attached hydrogen (secondary N) is 3. The Bertz CT molecular complexity index is 1980. The first-order valence-electron chi connectivity index (χ1n) is 18.8. The summed E-state index contributed by atoms with van der Waals surface area (Å²) in [6.45, 7) is 5.86.